The molecule has 0 spiro atoms. The van der Waals surface area contributed by atoms with Crippen LogP contribution in [-0.4, -0.2) is 21.5 Å². The Morgan fingerprint density at radius 3 is 2.62 bits per heavy atom. The average molecular weight is 328 g/mol. The molecular weight excluding hydrogens is 320 g/mol. The first kappa shape index (κ1) is 13.5. The molecule has 4 nitrogen and oxygen atoms in total. The minimum atomic E-state index is -3.71. The molecule has 0 aliphatic rings. The lowest BCUT2D eigenvalue weighted by atomic mass is 10.1. The maximum atomic E-state index is 11.4. The molecule has 0 atom stereocenters. The highest BCUT2D eigenvalue weighted by atomic mass is 79.9. The van der Waals surface area contributed by atoms with Crippen LogP contribution < -0.4 is 0 Å². The van der Waals surface area contributed by atoms with Crippen LogP contribution in [-0.2, 0) is 19.5 Å². The van der Waals surface area contributed by atoms with E-state index in [2.05, 4.69) is 20.7 Å². The Kier molecular flexibility index (Phi) is 4.35. The summed E-state index contributed by atoms with van der Waals surface area (Å²) < 4.78 is 27.1. The van der Waals surface area contributed by atoms with Crippen LogP contribution in [0.4, 0.5) is 0 Å². The van der Waals surface area contributed by atoms with Crippen molar-refractivity contribution in [3.05, 3.63) is 33.8 Å². The molecule has 7 heteroatoms. The summed E-state index contributed by atoms with van der Waals surface area (Å²) in [6.45, 7) is 0. The summed E-state index contributed by atoms with van der Waals surface area (Å²) in [6, 6.07) is 4.63. The van der Waals surface area contributed by atoms with Gasteiger partial charge in [0, 0.05) is 15.2 Å². The molecule has 0 aliphatic carbocycles. The number of halogens is 2. The van der Waals surface area contributed by atoms with Crippen LogP contribution in [0.15, 0.2) is 22.7 Å². The molecule has 0 N–H and O–H groups in total. The maximum absolute atomic E-state index is 11.4. The Morgan fingerprint density at radius 2 is 2.12 bits per heavy atom. The highest BCUT2D eigenvalue weighted by Crippen LogP contribution is 2.20. The predicted molar refractivity (Wildman–Crippen MR) is 64.0 cm³/mol. The molecule has 0 saturated heterocycles. The van der Waals surface area contributed by atoms with E-state index in [-0.39, 0.29) is 5.56 Å². The number of rotatable bonds is 3. The Morgan fingerprint density at radius 1 is 1.50 bits per heavy atom. The van der Waals surface area contributed by atoms with E-state index in [0.717, 1.165) is 0 Å². The van der Waals surface area contributed by atoms with Crippen molar-refractivity contribution in [2.24, 2.45) is 0 Å². The molecule has 1 aromatic carbocycles. The minimum absolute atomic E-state index is 0.182. The predicted octanol–water partition coefficient (Wildman–Crippen LogP) is 2.30. The maximum Gasteiger partial charge on any atom is 0.338 e. The molecule has 0 aromatic heterocycles. The number of carbonyl (C=O) groups is 1. The summed E-state index contributed by atoms with van der Waals surface area (Å²) in [5.41, 5.74) is 0.492. The lowest BCUT2D eigenvalue weighted by molar-refractivity contribution is 0.0599. The van der Waals surface area contributed by atoms with Gasteiger partial charge in [-0.1, -0.05) is 22.0 Å². The first-order chi connectivity index (χ1) is 7.33. The highest BCUT2D eigenvalue weighted by molar-refractivity contribution is 9.10. The number of methoxy groups -OCH3 is 1. The van der Waals surface area contributed by atoms with E-state index >= 15 is 0 Å². The van der Waals surface area contributed by atoms with Crippen LogP contribution in [0.25, 0.3) is 0 Å². The summed E-state index contributed by atoms with van der Waals surface area (Å²) in [5, 5.41) is 0. The van der Waals surface area contributed by atoms with E-state index in [0.29, 0.717) is 10.0 Å². The standard InChI is InChI=1S/C9H8BrClO4S/c1-15-9(12)8-4-7(10)3-2-6(8)5-16(11,13)14/h2-4H,5H2,1H3. The van der Waals surface area contributed by atoms with Crippen molar-refractivity contribution in [3.8, 4) is 0 Å². The fraction of sp³-hybridized carbons (Fsp3) is 0.222. The fourth-order valence-corrected chi connectivity index (χ4v) is 2.50. The van der Waals surface area contributed by atoms with Crippen LogP contribution in [0.2, 0.25) is 0 Å². The van der Waals surface area contributed by atoms with E-state index in [9.17, 15) is 13.2 Å². The normalized spacial score (nSPS) is 11.2. The first-order valence-electron chi connectivity index (χ1n) is 4.12. The van der Waals surface area contributed by atoms with Crippen molar-refractivity contribution in [1.82, 2.24) is 0 Å². The van der Waals surface area contributed by atoms with Gasteiger partial charge in [0.15, 0.2) is 0 Å². The first-order valence-corrected chi connectivity index (χ1v) is 7.39. The van der Waals surface area contributed by atoms with Gasteiger partial charge >= 0.3 is 5.97 Å². The zero-order valence-electron chi connectivity index (χ0n) is 8.24. The molecule has 0 saturated carbocycles. The highest BCUT2D eigenvalue weighted by Gasteiger charge is 2.16. The molecule has 0 radical (unpaired) electrons. The Bertz CT molecular complexity index is 512. The van der Waals surface area contributed by atoms with Crippen LogP contribution >= 0.6 is 26.6 Å². The summed E-state index contributed by atoms with van der Waals surface area (Å²) in [7, 11) is 2.66. The van der Waals surface area contributed by atoms with E-state index in [4.69, 9.17) is 10.7 Å². The monoisotopic (exact) mass is 326 g/mol. The van der Waals surface area contributed by atoms with Gasteiger partial charge in [-0.05, 0) is 17.7 Å². The van der Waals surface area contributed by atoms with Gasteiger partial charge in [0.2, 0.25) is 9.05 Å². The third-order valence-electron chi connectivity index (χ3n) is 1.81. The second-order valence-electron chi connectivity index (χ2n) is 2.98. The zero-order valence-corrected chi connectivity index (χ0v) is 11.4. The number of hydrogen-bond donors (Lipinski definition) is 0. The van der Waals surface area contributed by atoms with Gasteiger partial charge in [0.1, 0.15) is 0 Å². The van der Waals surface area contributed by atoms with E-state index in [1.807, 2.05) is 0 Å². The van der Waals surface area contributed by atoms with Crippen LogP contribution in [0.5, 0.6) is 0 Å². The van der Waals surface area contributed by atoms with Crippen LogP contribution in [0, 0.1) is 0 Å². The minimum Gasteiger partial charge on any atom is -0.465 e. The van der Waals surface area contributed by atoms with Gasteiger partial charge in [0.05, 0.1) is 18.4 Å². The lowest BCUT2D eigenvalue weighted by Crippen LogP contribution is -2.08. The molecule has 0 unspecified atom stereocenters. The number of benzene rings is 1. The molecule has 0 amide bonds. The van der Waals surface area contributed by atoms with Crippen LogP contribution in [0.3, 0.4) is 0 Å². The second kappa shape index (κ2) is 5.16. The molecule has 1 aromatic rings. The fourth-order valence-electron chi connectivity index (χ4n) is 1.16. The average Bonchev–Trinajstić information content (AvgIpc) is 2.17. The van der Waals surface area contributed by atoms with Crippen molar-refractivity contribution in [3.63, 3.8) is 0 Å². The quantitative estimate of drug-likeness (QED) is 0.631. The lowest BCUT2D eigenvalue weighted by Gasteiger charge is -2.06. The molecule has 0 aliphatic heterocycles. The van der Waals surface area contributed by atoms with Gasteiger partial charge in [-0.15, -0.1) is 0 Å². The zero-order chi connectivity index (χ0) is 12.3. The van der Waals surface area contributed by atoms with Crippen molar-refractivity contribution < 1.29 is 17.9 Å². The third kappa shape index (κ3) is 3.77. The van der Waals surface area contributed by atoms with Gasteiger partial charge in [-0.2, -0.15) is 0 Å². The molecule has 1 rings (SSSR count). The third-order valence-corrected chi connectivity index (χ3v) is 3.28. The summed E-state index contributed by atoms with van der Waals surface area (Å²) in [6.07, 6.45) is 0. The Balaban J connectivity index is 3.23. The largest absolute Gasteiger partial charge is 0.465 e. The second-order valence-corrected chi connectivity index (χ2v) is 6.67. The molecule has 0 heterocycles. The summed E-state index contributed by atoms with van der Waals surface area (Å²) >= 11 is 3.18. The number of hydrogen-bond acceptors (Lipinski definition) is 4. The van der Waals surface area contributed by atoms with Gasteiger partial charge in [-0.3, -0.25) is 0 Å². The van der Waals surface area contributed by atoms with E-state index in [1.165, 1.54) is 19.2 Å². The van der Waals surface area contributed by atoms with Gasteiger partial charge in [-0.25, -0.2) is 13.2 Å². The smallest absolute Gasteiger partial charge is 0.338 e. The summed E-state index contributed by atoms with van der Waals surface area (Å²) in [4.78, 5) is 11.4. The Hall–Kier alpha value is -0.590. The molecule has 0 bridgehead atoms. The SMILES string of the molecule is COC(=O)c1cc(Br)ccc1CS(=O)(=O)Cl. The summed E-state index contributed by atoms with van der Waals surface area (Å²) in [5.74, 6) is -1.01. The molecule has 16 heavy (non-hydrogen) atoms. The van der Waals surface area contributed by atoms with Crippen molar-refractivity contribution in [1.29, 1.82) is 0 Å². The molecule has 88 valence electrons. The van der Waals surface area contributed by atoms with E-state index in [1.54, 1.807) is 6.07 Å². The number of esters is 1. The molecular formula is C9H8BrClO4S. The topological polar surface area (TPSA) is 60.4 Å². The van der Waals surface area contributed by atoms with E-state index < -0.39 is 20.8 Å². The number of ether oxygens (including phenoxy) is 1. The van der Waals surface area contributed by atoms with Crippen molar-refractivity contribution in [2.75, 3.05) is 7.11 Å². The van der Waals surface area contributed by atoms with Gasteiger partial charge in [0.25, 0.3) is 0 Å². The van der Waals surface area contributed by atoms with Gasteiger partial charge < -0.3 is 4.74 Å². The van der Waals surface area contributed by atoms with Crippen molar-refractivity contribution >= 4 is 41.6 Å². The number of carbonyl (C=O) groups excluding carboxylic acids is 1. The Labute approximate surface area is 106 Å². The van der Waals surface area contributed by atoms with Crippen molar-refractivity contribution in [2.45, 2.75) is 5.75 Å². The molecule has 0 fully saturated rings. The van der Waals surface area contributed by atoms with Crippen LogP contribution in [0.1, 0.15) is 15.9 Å².